The van der Waals surface area contributed by atoms with Crippen molar-refractivity contribution in [3.05, 3.63) is 62.9 Å². The van der Waals surface area contributed by atoms with Gasteiger partial charge in [0.1, 0.15) is 0 Å². The van der Waals surface area contributed by atoms with Gasteiger partial charge in [-0.2, -0.15) is 4.68 Å². The summed E-state index contributed by atoms with van der Waals surface area (Å²) in [6, 6.07) is 9.66. The van der Waals surface area contributed by atoms with E-state index in [2.05, 4.69) is 20.4 Å². The minimum Gasteiger partial charge on any atom is -0.388 e. The van der Waals surface area contributed by atoms with E-state index in [1.807, 2.05) is 30.3 Å². The van der Waals surface area contributed by atoms with Crippen LogP contribution in [0.25, 0.3) is 5.69 Å². The van der Waals surface area contributed by atoms with E-state index < -0.39 is 17.4 Å². The second-order valence-corrected chi connectivity index (χ2v) is 7.34. The summed E-state index contributed by atoms with van der Waals surface area (Å²) in [5, 5.41) is 22.9. The van der Waals surface area contributed by atoms with Crippen LogP contribution in [0.4, 0.5) is 5.95 Å². The summed E-state index contributed by atoms with van der Waals surface area (Å²) in [6.45, 7) is 1.31. The highest BCUT2D eigenvalue weighted by Crippen LogP contribution is 2.30. The van der Waals surface area contributed by atoms with Crippen molar-refractivity contribution >= 4 is 5.95 Å². The normalized spacial score (nSPS) is 16.2. The SMILES string of the molecule is Cn1cc([C@H](O)C2CCN(c3nnnn3-c3ccccc3)CC2)c(=O)n(C)c1=O. The maximum absolute atomic E-state index is 12.4. The van der Waals surface area contributed by atoms with Gasteiger partial charge in [-0.25, -0.2) is 4.79 Å². The summed E-state index contributed by atoms with van der Waals surface area (Å²) in [4.78, 5) is 26.4. The van der Waals surface area contributed by atoms with Gasteiger partial charge in [-0.05, 0) is 41.3 Å². The molecule has 0 radical (unpaired) electrons. The lowest BCUT2D eigenvalue weighted by Gasteiger charge is -2.34. The van der Waals surface area contributed by atoms with Gasteiger partial charge in [0, 0.05) is 33.4 Å². The fourth-order valence-corrected chi connectivity index (χ4v) is 3.82. The number of aromatic nitrogens is 6. The Bertz CT molecular complexity index is 1110. The van der Waals surface area contributed by atoms with Crippen molar-refractivity contribution in [2.45, 2.75) is 18.9 Å². The van der Waals surface area contributed by atoms with Crippen molar-refractivity contribution < 1.29 is 5.11 Å². The van der Waals surface area contributed by atoms with Crippen LogP contribution in [-0.2, 0) is 14.1 Å². The lowest BCUT2D eigenvalue weighted by atomic mass is 9.88. The first kappa shape index (κ1) is 19.1. The molecule has 3 aromatic rings. The number of rotatable bonds is 4. The highest BCUT2D eigenvalue weighted by molar-refractivity contribution is 5.40. The van der Waals surface area contributed by atoms with Crippen molar-refractivity contribution in [2.75, 3.05) is 18.0 Å². The first-order valence-corrected chi connectivity index (χ1v) is 9.50. The first-order chi connectivity index (χ1) is 14.0. The Labute approximate surface area is 166 Å². The van der Waals surface area contributed by atoms with Crippen molar-refractivity contribution in [1.29, 1.82) is 0 Å². The van der Waals surface area contributed by atoms with E-state index >= 15 is 0 Å². The van der Waals surface area contributed by atoms with Crippen LogP contribution in [0.2, 0.25) is 0 Å². The Hall–Kier alpha value is -3.27. The van der Waals surface area contributed by atoms with E-state index in [1.165, 1.54) is 17.8 Å². The van der Waals surface area contributed by atoms with Gasteiger partial charge >= 0.3 is 5.69 Å². The summed E-state index contributed by atoms with van der Waals surface area (Å²) in [6.07, 6.45) is 1.87. The molecule has 29 heavy (non-hydrogen) atoms. The number of para-hydroxylation sites is 1. The molecule has 1 aliphatic rings. The quantitative estimate of drug-likeness (QED) is 0.660. The smallest absolute Gasteiger partial charge is 0.330 e. The number of hydrogen-bond donors (Lipinski definition) is 1. The molecular formula is C19H23N7O3. The fraction of sp³-hybridized carbons (Fsp3) is 0.421. The van der Waals surface area contributed by atoms with Crippen LogP contribution in [0.15, 0.2) is 46.1 Å². The van der Waals surface area contributed by atoms with E-state index in [0.717, 1.165) is 10.3 Å². The molecule has 4 rings (SSSR count). The van der Waals surface area contributed by atoms with E-state index in [9.17, 15) is 14.7 Å². The third kappa shape index (κ3) is 3.46. The molecule has 1 atom stereocenters. The lowest BCUT2D eigenvalue weighted by molar-refractivity contribution is 0.0902. The molecule has 0 aliphatic carbocycles. The number of piperidine rings is 1. The Morgan fingerprint density at radius 1 is 1.10 bits per heavy atom. The summed E-state index contributed by atoms with van der Waals surface area (Å²) in [7, 11) is 3.00. The van der Waals surface area contributed by atoms with Gasteiger partial charge < -0.3 is 14.6 Å². The molecule has 152 valence electrons. The zero-order valence-corrected chi connectivity index (χ0v) is 16.3. The number of tetrazole rings is 1. The monoisotopic (exact) mass is 397 g/mol. The maximum Gasteiger partial charge on any atom is 0.330 e. The van der Waals surface area contributed by atoms with Gasteiger partial charge in [-0.1, -0.05) is 23.3 Å². The average molecular weight is 397 g/mol. The highest BCUT2D eigenvalue weighted by atomic mass is 16.3. The van der Waals surface area contributed by atoms with Crippen LogP contribution in [0.5, 0.6) is 0 Å². The molecule has 3 heterocycles. The van der Waals surface area contributed by atoms with Gasteiger partial charge in [0.2, 0.25) is 5.95 Å². The first-order valence-electron chi connectivity index (χ1n) is 9.50. The van der Waals surface area contributed by atoms with Gasteiger partial charge in [-0.15, -0.1) is 0 Å². The summed E-state index contributed by atoms with van der Waals surface area (Å²) in [5.74, 6) is 0.569. The lowest BCUT2D eigenvalue weighted by Crippen LogP contribution is -2.42. The molecule has 0 amide bonds. The van der Waals surface area contributed by atoms with Crippen LogP contribution in [0.3, 0.4) is 0 Å². The number of aliphatic hydroxyl groups excluding tert-OH is 1. The topological polar surface area (TPSA) is 111 Å². The minimum absolute atomic E-state index is 0.0856. The van der Waals surface area contributed by atoms with Crippen LogP contribution in [0.1, 0.15) is 24.5 Å². The van der Waals surface area contributed by atoms with Crippen LogP contribution >= 0.6 is 0 Å². The number of benzene rings is 1. The zero-order chi connectivity index (χ0) is 20.5. The Kier molecular flexibility index (Phi) is 5.01. The molecule has 0 bridgehead atoms. The summed E-state index contributed by atoms with van der Waals surface area (Å²) in [5.41, 5.74) is 0.273. The predicted octanol–water partition coefficient (Wildman–Crippen LogP) is 0.00970. The zero-order valence-electron chi connectivity index (χ0n) is 16.3. The predicted molar refractivity (Wildman–Crippen MR) is 106 cm³/mol. The Balaban J connectivity index is 1.51. The summed E-state index contributed by atoms with van der Waals surface area (Å²) >= 11 is 0. The van der Waals surface area contributed by atoms with Crippen molar-refractivity contribution in [1.82, 2.24) is 29.3 Å². The van der Waals surface area contributed by atoms with Crippen LogP contribution in [0, 0.1) is 5.92 Å². The van der Waals surface area contributed by atoms with Crippen molar-refractivity contribution in [3.8, 4) is 5.69 Å². The van der Waals surface area contributed by atoms with E-state index in [0.29, 0.717) is 31.9 Å². The van der Waals surface area contributed by atoms with E-state index in [4.69, 9.17) is 0 Å². The third-order valence-corrected chi connectivity index (χ3v) is 5.51. The largest absolute Gasteiger partial charge is 0.388 e. The van der Waals surface area contributed by atoms with Crippen molar-refractivity contribution in [2.24, 2.45) is 20.0 Å². The van der Waals surface area contributed by atoms with Gasteiger partial charge in [-0.3, -0.25) is 9.36 Å². The Morgan fingerprint density at radius 3 is 2.48 bits per heavy atom. The standard InChI is InChI=1S/C19H23N7O3/c1-23-12-15(17(28)24(2)19(23)29)16(27)13-8-10-25(11-9-13)18-20-21-22-26(18)14-6-4-3-5-7-14/h3-7,12-13,16,27H,8-11H2,1-2H3/t16-/m1/s1. The van der Waals surface area contributed by atoms with Gasteiger partial charge in [0.25, 0.3) is 5.56 Å². The average Bonchev–Trinajstić information content (AvgIpc) is 3.25. The number of hydrogen-bond acceptors (Lipinski definition) is 7. The third-order valence-electron chi connectivity index (χ3n) is 5.51. The number of nitrogens with zero attached hydrogens (tertiary/aromatic N) is 7. The highest BCUT2D eigenvalue weighted by Gasteiger charge is 2.30. The molecule has 0 saturated carbocycles. The molecule has 1 aromatic carbocycles. The molecule has 10 heteroatoms. The van der Waals surface area contributed by atoms with Crippen LogP contribution < -0.4 is 16.1 Å². The molecule has 2 aromatic heterocycles. The number of anilines is 1. The molecule has 1 aliphatic heterocycles. The van der Waals surface area contributed by atoms with Crippen molar-refractivity contribution in [3.63, 3.8) is 0 Å². The molecule has 10 nitrogen and oxygen atoms in total. The molecule has 1 N–H and O–H groups in total. The molecular weight excluding hydrogens is 374 g/mol. The maximum atomic E-state index is 12.4. The number of aliphatic hydroxyl groups is 1. The summed E-state index contributed by atoms with van der Waals surface area (Å²) < 4.78 is 4.05. The van der Waals surface area contributed by atoms with E-state index in [1.54, 1.807) is 11.7 Å². The second kappa shape index (κ2) is 7.63. The minimum atomic E-state index is -0.923. The van der Waals surface area contributed by atoms with Crippen LogP contribution in [-0.4, -0.2) is 47.5 Å². The second-order valence-electron chi connectivity index (χ2n) is 7.34. The Morgan fingerprint density at radius 2 is 1.79 bits per heavy atom. The number of aryl methyl sites for hydroxylation is 1. The van der Waals surface area contributed by atoms with Gasteiger partial charge in [0.15, 0.2) is 0 Å². The molecule has 1 saturated heterocycles. The van der Waals surface area contributed by atoms with Gasteiger partial charge in [0.05, 0.1) is 17.4 Å². The molecule has 1 fully saturated rings. The molecule has 0 unspecified atom stereocenters. The fourth-order valence-electron chi connectivity index (χ4n) is 3.82. The van der Waals surface area contributed by atoms with E-state index in [-0.39, 0.29) is 11.5 Å². The molecule has 0 spiro atoms.